The van der Waals surface area contributed by atoms with Crippen LogP contribution in [-0.2, 0) is 6.42 Å². The third-order valence-electron chi connectivity index (χ3n) is 2.98. The van der Waals surface area contributed by atoms with Gasteiger partial charge < -0.3 is 5.32 Å². The molecule has 0 aliphatic carbocycles. The van der Waals surface area contributed by atoms with Crippen LogP contribution in [0.3, 0.4) is 0 Å². The maximum atomic E-state index is 12.9. The zero-order valence-corrected chi connectivity index (χ0v) is 12.4. The van der Waals surface area contributed by atoms with E-state index < -0.39 is 0 Å². The summed E-state index contributed by atoms with van der Waals surface area (Å²) in [5.74, 6) is 1.66. The molecule has 0 saturated carbocycles. The largest absolute Gasteiger partial charge is 0.314 e. The second kappa shape index (κ2) is 8.54. The van der Waals surface area contributed by atoms with Gasteiger partial charge in [0.15, 0.2) is 0 Å². The van der Waals surface area contributed by atoms with Gasteiger partial charge in [0.05, 0.1) is 0 Å². The molecule has 0 bridgehead atoms. The predicted molar refractivity (Wildman–Crippen MR) is 79.7 cm³/mol. The number of hydrogen-bond acceptors (Lipinski definition) is 2. The Hall–Kier alpha value is -0.540. The molecular weight excluding hydrogens is 245 g/mol. The normalized spacial score (nSPS) is 12.9. The highest BCUT2D eigenvalue weighted by molar-refractivity contribution is 7.98. The molecule has 1 unspecified atom stereocenters. The number of benzene rings is 1. The molecule has 1 rings (SSSR count). The molecular formula is C15H24FNS. The highest BCUT2D eigenvalue weighted by atomic mass is 32.2. The van der Waals surface area contributed by atoms with E-state index in [1.54, 1.807) is 12.1 Å². The Morgan fingerprint density at radius 1 is 1.22 bits per heavy atom. The molecule has 102 valence electrons. The van der Waals surface area contributed by atoms with Gasteiger partial charge >= 0.3 is 0 Å². The summed E-state index contributed by atoms with van der Waals surface area (Å²) in [6.45, 7) is 5.38. The Morgan fingerprint density at radius 3 is 2.44 bits per heavy atom. The van der Waals surface area contributed by atoms with E-state index in [1.807, 2.05) is 23.9 Å². The number of thioether (sulfide) groups is 1. The first-order chi connectivity index (χ1) is 8.61. The highest BCUT2D eigenvalue weighted by Gasteiger charge is 2.10. The summed E-state index contributed by atoms with van der Waals surface area (Å²) in [7, 11) is 0. The minimum Gasteiger partial charge on any atom is -0.314 e. The lowest BCUT2D eigenvalue weighted by Gasteiger charge is -2.19. The Kier molecular flexibility index (Phi) is 7.36. The molecule has 0 aliphatic rings. The zero-order chi connectivity index (χ0) is 13.4. The van der Waals surface area contributed by atoms with Crippen molar-refractivity contribution in [3.63, 3.8) is 0 Å². The van der Waals surface area contributed by atoms with E-state index in [2.05, 4.69) is 25.4 Å². The van der Waals surface area contributed by atoms with E-state index in [0.717, 1.165) is 13.0 Å². The first kappa shape index (κ1) is 15.5. The first-order valence-corrected chi connectivity index (χ1v) is 7.98. The van der Waals surface area contributed by atoms with Gasteiger partial charge in [0, 0.05) is 6.04 Å². The molecule has 3 heteroatoms. The van der Waals surface area contributed by atoms with Crippen LogP contribution in [0, 0.1) is 11.7 Å². The summed E-state index contributed by atoms with van der Waals surface area (Å²) in [5, 5.41) is 3.50. The molecule has 0 amide bonds. The van der Waals surface area contributed by atoms with Gasteiger partial charge in [-0.05, 0) is 55.0 Å². The van der Waals surface area contributed by atoms with E-state index in [1.165, 1.54) is 17.7 Å². The number of nitrogens with one attached hydrogen (secondary N) is 1. The standard InChI is InChI=1S/C15H24FNS/c1-12(2)17-11-14(8-9-18-3)10-13-4-6-15(16)7-5-13/h4-7,12,14,17H,8-11H2,1-3H3. The van der Waals surface area contributed by atoms with Crippen LogP contribution in [0.25, 0.3) is 0 Å². The molecule has 0 spiro atoms. The van der Waals surface area contributed by atoms with E-state index in [4.69, 9.17) is 0 Å². The third kappa shape index (κ3) is 6.41. The minimum atomic E-state index is -0.153. The second-order valence-corrected chi connectivity index (χ2v) is 6.03. The third-order valence-corrected chi connectivity index (χ3v) is 3.63. The quantitative estimate of drug-likeness (QED) is 0.771. The smallest absolute Gasteiger partial charge is 0.123 e. The number of halogens is 1. The fourth-order valence-electron chi connectivity index (χ4n) is 1.92. The average Bonchev–Trinajstić information content (AvgIpc) is 2.35. The molecule has 0 saturated heterocycles. The molecule has 0 aromatic heterocycles. The van der Waals surface area contributed by atoms with Crippen molar-refractivity contribution in [1.29, 1.82) is 0 Å². The summed E-state index contributed by atoms with van der Waals surface area (Å²) < 4.78 is 12.9. The molecule has 0 aliphatic heterocycles. The zero-order valence-electron chi connectivity index (χ0n) is 11.6. The van der Waals surface area contributed by atoms with Gasteiger partial charge in [-0.1, -0.05) is 26.0 Å². The number of hydrogen-bond donors (Lipinski definition) is 1. The monoisotopic (exact) mass is 269 g/mol. The summed E-state index contributed by atoms with van der Waals surface area (Å²) >= 11 is 1.89. The van der Waals surface area contributed by atoms with Crippen molar-refractivity contribution in [2.45, 2.75) is 32.7 Å². The maximum absolute atomic E-state index is 12.9. The minimum absolute atomic E-state index is 0.153. The predicted octanol–water partition coefficient (Wildman–Crippen LogP) is 3.74. The summed E-state index contributed by atoms with van der Waals surface area (Å²) in [6.07, 6.45) is 4.38. The van der Waals surface area contributed by atoms with Gasteiger partial charge in [0.1, 0.15) is 5.82 Å². The molecule has 1 nitrogen and oxygen atoms in total. The van der Waals surface area contributed by atoms with E-state index in [0.29, 0.717) is 12.0 Å². The molecule has 1 atom stereocenters. The van der Waals surface area contributed by atoms with Gasteiger partial charge in [-0.2, -0.15) is 11.8 Å². The van der Waals surface area contributed by atoms with Gasteiger partial charge in [-0.3, -0.25) is 0 Å². The fraction of sp³-hybridized carbons (Fsp3) is 0.600. The molecule has 0 heterocycles. The topological polar surface area (TPSA) is 12.0 Å². The van der Waals surface area contributed by atoms with Crippen molar-refractivity contribution in [3.05, 3.63) is 35.6 Å². The Bertz CT molecular complexity index is 324. The summed E-state index contributed by atoms with van der Waals surface area (Å²) in [4.78, 5) is 0. The lowest BCUT2D eigenvalue weighted by Crippen LogP contribution is -2.30. The molecule has 1 aromatic rings. The lowest BCUT2D eigenvalue weighted by atomic mass is 9.96. The van der Waals surface area contributed by atoms with Gasteiger partial charge in [-0.15, -0.1) is 0 Å². The second-order valence-electron chi connectivity index (χ2n) is 5.04. The van der Waals surface area contributed by atoms with Crippen molar-refractivity contribution >= 4 is 11.8 Å². The van der Waals surface area contributed by atoms with Crippen LogP contribution in [0.5, 0.6) is 0 Å². The SMILES string of the molecule is CSCCC(CNC(C)C)Cc1ccc(F)cc1. The van der Waals surface area contributed by atoms with Gasteiger partial charge in [0.2, 0.25) is 0 Å². The van der Waals surface area contributed by atoms with Crippen LogP contribution in [0.15, 0.2) is 24.3 Å². The molecule has 18 heavy (non-hydrogen) atoms. The van der Waals surface area contributed by atoms with Crippen molar-refractivity contribution in [1.82, 2.24) is 5.32 Å². The van der Waals surface area contributed by atoms with Gasteiger partial charge in [-0.25, -0.2) is 4.39 Å². The van der Waals surface area contributed by atoms with Crippen LogP contribution in [0.2, 0.25) is 0 Å². The Balaban J connectivity index is 2.50. The Labute approximate surface area is 115 Å². The number of rotatable bonds is 8. The van der Waals surface area contributed by atoms with Crippen LogP contribution >= 0.6 is 11.8 Å². The van der Waals surface area contributed by atoms with Crippen molar-refractivity contribution in [2.24, 2.45) is 5.92 Å². The van der Waals surface area contributed by atoms with Crippen molar-refractivity contribution in [2.75, 3.05) is 18.6 Å². The summed E-state index contributed by atoms with van der Waals surface area (Å²) in [5.41, 5.74) is 1.23. The maximum Gasteiger partial charge on any atom is 0.123 e. The van der Waals surface area contributed by atoms with E-state index in [-0.39, 0.29) is 5.82 Å². The molecule has 0 radical (unpaired) electrons. The van der Waals surface area contributed by atoms with Crippen molar-refractivity contribution < 1.29 is 4.39 Å². The Morgan fingerprint density at radius 2 is 1.89 bits per heavy atom. The van der Waals surface area contributed by atoms with Gasteiger partial charge in [0.25, 0.3) is 0 Å². The highest BCUT2D eigenvalue weighted by Crippen LogP contribution is 2.15. The molecule has 0 fully saturated rings. The fourth-order valence-corrected chi connectivity index (χ4v) is 2.49. The van der Waals surface area contributed by atoms with Crippen LogP contribution in [0.4, 0.5) is 4.39 Å². The van der Waals surface area contributed by atoms with Crippen LogP contribution in [-0.4, -0.2) is 24.6 Å². The summed E-state index contributed by atoms with van der Waals surface area (Å²) in [6, 6.07) is 7.43. The average molecular weight is 269 g/mol. The van der Waals surface area contributed by atoms with E-state index >= 15 is 0 Å². The van der Waals surface area contributed by atoms with E-state index in [9.17, 15) is 4.39 Å². The van der Waals surface area contributed by atoms with Crippen molar-refractivity contribution in [3.8, 4) is 0 Å². The lowest BCUT2D eigenvalue weighted by molar-refractivity contribution is 0.438. The van der Waals surface area contributed by atoms with Crippen LogP contribution < -0.4 is 5.32 Å². The molecule has 1 N–H and O–H groups in total. The molecule has 1 aromatic carbocycles. The van der Waals surface area contributed by atoms with Crippen LogP contribution in [0.1, 0.15) is 25.8 Å². The first-order valence-electron chi connectivity index (χ1n) is 6.58.